The van der Waals surface area contributed by atoms with Crippen LogP contribution < -0.4 is 5.32 Å². The van der Waals surface area contributed by atoms with Gasteiger partial charge in [0.15, 0.2) is 0 Å². The Morgan fingerprint density at radius 2 is 1.82 bits per heavy atom. The Labute approximate surface area is 203 Å². The summed E-state index contributed by atoms with van der Waals surface area (Å²) >= 11 is 1.62. The molecule has 0 saturated heterocycles. The Hall–Kier alpha value is -2.27. The van der Waals surface area contributed by atoms with Crippen molar-refractivity contribution < 1.29 is 9.59 Å². The molecule has 2 amide bonds. The van der Waals surface area contributed by atoms with Gasteiger partial charge < -0.3 is 10.2 Å². The molecule has 1 fully saturated rings. The number of carbonyl (C=O) groups is 2. The predicted octanol–water partition coefficient (Wildman–Crippen LogP) is 5.79. The van der Waals surface area contributed by atoms with E-state index in [4.69, 9.17) is 0 Å². The molecule has 0 aliphatic heterocycles. The molecule has 4 nitrogen and oxygen atoms in total. The first-order valence-electron chi connectivity index (χ1n) is 12.3. The first-order valence-corrected chi connectivity index (χ1v) is 13.4. The molecule has 1 N–H and O–H groups in total. The molecule has 3 rings (SSSR count). The van der Waals surface area contributed by atoms with Crippen molar-refractivity contribution in [3.8, 4) is 0 Å². The standard InChI is InChI=1S/C28H38N2O2S/c1-4-26(28(32)29-25-15-6-5-7-16-25)30(18-24-14-9-8-12-22(24)3)27(31)20-33-19-23-13-10-11-21(2)17-23/h8-14,17,25-26H,4-7,15-16,18-20H2,1-3H3,(H,29,32). The fourth-order valence-corrected chi connectivity index (χ4v) is 5.43. The SMILES string of the molecule is CCC(C(=O)NC1CCCCC1)N(Cc1ccccc1C)C(=O)CSCc1cccc(C)c1. The van der Waals surface area contributed by atoms with E-state index in [9.17, 15) is 9.59 Å². The zero-order valence-corrected chi connectivity index (χ0v) is 21.1. The molecule has 0 bridgehead atoms. The van der Waals surface area contributed by atoms with E-state index in [-0.39, 0.29) is 17.9 Å². The molecule has 178 valence electrons. The maximum atomic E-state index is 13.4. The molecule has 5 heteroatoms. The molecule has 0 aromatic heterocycles. The number of nitrogens with zero attached hydrogens (tertiary/aromatic N) is 1. The van der Waals surface area contributed by atoms with Gasteiger partial charge in [0.25, 0.3) is 0 Å². The van der Waals surface area contributed by atoms with E-state index in [2.05, 4.69) is 55.6 Å². The normalized spacial score (nSPS) is 15.1. The van der Waals surface area contributed by atoms with Crippen molar-refractivity contribution in [2.24, 2.45) is 0 Å². The van der Waals surface area contributed by atoms with Crippen LogP contribution in [0.3, 0.4) is 0 Å². The van der Waals surface area contributed by atoms with Crippen LogP contribution in [0.2, 0.25) is 0 Å². The van der Waals surface area contributed by atoms with Crippen LogP contribution >= 0.6 is 11.8 Å². The zero-order chi connectivity index (χ0) is 23.6. The van der Waals surface area contributed by atoms with Gasteiger partial charge in [-0.15, -0.1) is 11.8 Å². The molecule has 0 heterocycles. The van der Waals surface area contributed by atoms with Crippen molar-refractivity contribution in [2.45, 2.75) is 83.7 Å². The second kappa shape index (κ2) is 12.8. The third-order valence-corrected chi connectivity index (χ3v) is 7.50. The fourth-order valence-electron chi connectivity index (χ4n) is 4.58. The Morgan fingerprint density at radius 3 is 2.52 bits per heavy atom. The number of carbonyl (C=O) groups excluding carboxylic acids is 2. The Kier molecular flexibility index (Phi) is 9.86. The largest absolute Gasteiger partial charge is 0.352 e. The summed E-state index contributed by atoms with van der Waals surface area (Å²) in [6.45, 7) is 6.61. The van der Waals surface area contributed by atoms with Gasteiger partial charge in [0.2, 0.25) is 11.8 Å². The molecule has 33 heavy (non-hydrogen) atoms. The first-order chi connectivity index (χ1) is 16.0. The highest BCUT2D eigenvalue weighted by Crippen LogP contribution is 2.21. The molecule has 2 aromatic carbocycles. The minimum Gasteiger partial charge on any atom is -0.352 e. The molecular formula is C28H38N2O2S. The average Bonchev–Trinajstić information content (AvgIpc) is 2.81. The van der Waals surface area contributed by atoms with Crippen LogP contribution in [0.1, 0.15) is 67.7 Å². The van der Waals surface area contributed by atoms with Gasteiger partial charge in [-0.3, -0.25) is 9.59 Å². The van der Waals surface area contributed by atoms with E-state index in [0.29, 0.717) is 18.7 Å². The lowest BCUT2D eigenvalue weighted by Gasteiger charge is -2.33. The van der Waals surface area contributed by atoms with Gasteiger partial charge in [0.05, 0.1) is 5.75 Å². The van der Waals surface area contributed by atoms with E-state index >= 15 is 0 Å². The lowest BCUT2D eigenvalue weighted by molar-refractivity contribution is -0.139. The number of thioether (sulfide) groups is 1. The molecule has 0 radical (unpaired) electrons. The number of hydrogen-bond acceptors (Lipinski definition) is 3. The number of rotatable bonds is 10. The minimum atomic E-state index is -0.446. The Bertz CT molecular complexity index is 924. The lowest BCUT2D eigenvalue weighted by Crippen LogP contribution is -2.52. The van der Waals surface area contributed by atoms with Crippen LogP contribution in [0, 0.1) is 13.8 Å². The van der Waals surface area contributed by atoms with Gasteiger partial charge in [-0.2, -0.15) is 0 Å². The summed E-state index contributed by atoms with van der Waals surface area (Å²) in [5, 5.41) is 3.25. The molecule has 1 atom stereocenters. The summed E-state index contributed by atoms with van der Waals surface area (Å²) in [5.74, 6) is 1.18. The first kappa shape index (κ1) is 25.4. The van der Waals surface area contributed by atoms with E-state index < -0.39 is 6.04 Å². The smallest absolute Gasteiger partial charge is 0.243 e. The fraction of sp³-hybridized carbons (Fsp3) is 0.500. The highest BCUT2D eigenvalue weighted by atomic mass is 32.2. The molecule has 2 aromatic rings. The summed E-state index contributed by atoms with van der Waals surface area (Å²) in [7, 11) is 0. The number of nitrogens with one attached hydrogen (secondary N) is 1. The van der Waals surface area contributed by atoms with Crippen LogP contribution in [-0.4, -0.2) is 34.6 Å². The molecular weight excluding hydrogens is 428 g/mol. The molecule has 1 saturated carbocycles. The number of benzene rings is 2. The van der Waals surface area contributed by atoms with Gasteiger partial charge in [-0.25, -0.2) is 0 Å². The number of aryl methyl sites for hydroxylation is 2. The Balaban J connectivity index is 1.71. The maximum absolute atomic E-state index is 13.4. The van der Waals surface area contributed by atoms with Crippen molar-refractivity contribution >= 4 is 23.6 Å². The lowest BCUT2D eigenvalue weighted by atomic mass is 9.95. The number of hydrogen-bond donors (Lipinski definition) is 1. The summed E-state index contributed by atoms with van der Waals surface area (Å²) in [6.07, 6.45) is 6.28. The molecule has 0 spiro atoms. The molecule has 1 aliphatic rings. The summed E-state index contributed by atoms with van der Waals surface area (Å²) < 4.78 is 0. The van der Waals surface area contributed by atoms with E-state index in [1.165, 1.54) is 30.4 Å². The predicted molar refractivity (Wildman–Crippen MR) is 138 cm³/mol. The highest BCUT2D eigenvalue weighted by molar-refractivity contribution is 7.99. The van der Waals surface area contributed by atoms with Crippen molar-refractivity contribution in [3.05, 3.63) is 70.8 Å². The minimum absolute atomic E-state index is 0.00461. The van der Waals surface area contributed by atoms with Crippen LogP contribution in [0.25, 0.3) is 0 Å². The molecule has 1 unspecified atom stereocenters. The van der Waals surface area contributed by atoms with E-state index in [0.717, 1.165) is 29.7 Å². The second-order valence-corrected chi connectivity index (χ2v) is 10.2. The second-order valence-electron chi connectivity index (χ2n) is 9.20. The van der Waals surface area contributed by atoms with Crippen molar-refractivity contribution in [3.63, 3.8) is 0 Å². The van der Waals surface area contributed by atoms with Crippen molar-refractivity contribution in [1.82, 2.24) is 10.2 Å². The van der Waals surface area contributed by atoms with Gasteiger partial charge in [-0.1, -0.05) is 80.3 Å². The quantitative estimate of drug-likeness (QED) is 0.482. The Morgan fingerprint density at radius 1 is 1.06 bits per heavy atom. The monoisotopic (exact) mass is 466 g/mol. The highest BCUT2D eigenvalue weighted by Gasteiger charge is 2.30. The maximum Gasteiger partial charge on any atom is 0.243 e. The van der Waals surface area contributed by atoms with Crippen LogP contribution in [0.15, 0.2) is 48.5 Å². The van der Waals surface area contributed by atoms with Crippen LogP contribution in [-0.2, 0) is 21.9 Å². The van der Waals surface area contributed by atoms with Crippen LogP contribution in [0.5, 0.6) is 0 Å². The summed E-state index contributed by atoms with van der Waals surface area (Å²) in [5.41, 5.74) is 4.69. The van der Waals surface area contributed by atoms with Crippen molar-refractivity contribution in [1.29, 1.82) is 0 Å². The van der Waals surface area contributed by atoms with Crippen LogP contribution in [0.4, 0.5) is 0 Å². The average molecular weight is 467 g/mol. The zero-order valence-electron chi connectivity index (χ0n) is 20.3. The van der Waals surface area contributed by atoms with E-state index in [1.54, 1.807) is 11.8 Å². The van der Waals surface area contributed by atoms with Gasteiger partial charge in [0, 0.05) is 18.3 Å². The van der Waals surface area contributed by atoms with E-state index in [1.807, 2.05) is 24.0 Å². The van der Waals surface area contributed by atoms with Gasteiger partial charge in [0.1, 0.15) is 6.04 Å². The topological polar surface area (TPSA) is 49.4 Å². The van der Waals surface area contributed by atoms with Crippen molar-refractivity contribution in [2.75, 3.05) is 5.75 Å². The third-order valence-electron chi connectivity index (χ3n) is 6.52. The number of amides is 2. The third kappa shape index (κ3) is 7.63. The summed E-state index contributed by atoms with van der Waals surface area (Å²) in [6, 6.07) is 16.3. The van der Waals surface area contributed by atoms with Gasteiger partial charge in [-0.05, 0) is 49.8 Å². The molecule has 1 aliphatic carbocycles. The van der Waals surface area contributed by atoms with Gasteiger partial charge >= 0.3 is 0 Å². The summed E-state index contributed by atoms with van der Waals surface area (Å²) in [4.78, 5) is 28.5.